The third kappa shape index (κ3) is 4.43. The molecule has 2 atom stereocenters. The van der Waals surface area contributed by atoms with E-state index in [-0.39, 0.29) is 17.4 Å². The van der Waals surface area contributed by atoms with Gasteiger partial charge in [0.05, 0.1) is 5.75 Å². The third-order valence-corrected chi connectivity index (χ3v) is 5.70. The third-order valence-electron chi connectivity index (χ3n) is 4.70. The highest BCUT2D eigenvalue weighted by Crippen LogP contribution is 2.25. The number of hydrogen-bond donors (Lipinski definition) is 2. The first kappa shape index (κ1) is 18.7. The molecular weight excluding hydrogens is 372 g/mol. The van der Waals surface area contributed by atoms with Crippen molar-refractivity contribution in [2.75, 3.05) is 0 Å². The van der Waals surface area contributed by atoms with Gasteiger partial charge in [0.1, 0.15) is 5.50 Å². The van der Waals surface area contributed by atoms with Gasteiger partial charge in [-0.05, 0) is 17.5 Å². The zero-order chi connectivity index (χ0) is 19.3. The normalized spacial score (nSPS) is 19.4. The van der Waals surface area contributed by atoms with Crippen LogP contribution in [0.25, 0.3) is 11.4 Å². The number of hydrogen-bond acceptors (Lipinski definition) is 6. The Morgan fingerprint density at radius 2 is 1.93 bits per heavy atom. The fourth-order valence-corrected chi connectivity index (χ4v) is 4.04. The van der Waals surface area contributed by atoms with E-state index in [0.717, 1.165) is 17.5 Å². The summed E-state index contributed by atoms with van der Waals surface area (Å²) in [5, 5.41) is 10.5. The number of aryl methyl sites for hydroxylation is 1. The van der Waals surface area contributed by atoms with Crippen LogP contribution < -0.4 is 10.6 Å². The van der Waals surface area contributed by atoms with E-state index in [4.69, 9.17) is 4.52 Å². The second-order valence-electron chi connectivity index (χ2n) is 6.65. The zero-order valence-corrected chi connectivity index (χ0v) is 16.4. The summed E-state index contributed by atoms with van der Waals surface area (Å²) in [7, 11) is 0. The molecular formula is C21H22N4O2S. The maximum absolute atomic E-state index is 12.1. The summed E-state index contributed by atoms with van der Waals surface area (Å²) in [6, 6.07) is 18.2. The highest BCUT2D eigenvalue weighted by molar-refractivity contribution is 7.99. The zero-order valence-electron chi connectivity index (χ0n) is 15.6. The molecule has 3 aromatic rings. The molecule has 2 heterocycles. The van der Waals surface area contributed by atoms with Crippen molar-refractivity contribution in [2.24, 2.45) is 0 Å². The summed E-state index contributed by atoms with van der Waals surface area (Å²) in [6.45, 7) is 2.12. The number of rotatable bonds is 6. The number of carbonyl (C=O) groups excluding carboxylic acids is 1. The van der Waals surface area contributed by atoms with Crippen LogP contribution in [0.2, 0.25) is 0 Å². The molecule has 1 amide bonds. The highest BCUT2D eigenvalue weighted by Gasteiger charge is 2.27. The first-order valence-corrected chi connectivity index (χ1v) is 10.4. The average Bonchev–Trinajstić information content (AvgIpc) is 3.22. The molecule has 1 aliphatic heterocycles. The summed E-state index contributed by atoms with van der Waals surface area (Å²) in [5.41, 5.74) is 3.12. The lowest BCUT2D eigenvalue weighted by Gasteiger charge is -2.31. The minimum atomic E-state index is -0.203. The van der Waals surface area contributed by atoms with E-state index in [1.807, 2.05) is 42.5 Å². The van der Waals surface area contributed by atoms with Crippen LogP contribution in [0, 0.1) is 0 Å². The number of nitrogens with zero attached hydrogens (tertiary/aromatic N) is 2. The van der Waals surface area contributed by atoms with Crippen LogP contribution in [0.15, 0.2) is 59.1 Å². The number of nitrogens with one attached hydrogen (secondary N) is 2. The lowest BCUT2D eigenvalue weighted by atomic mass is 10.0. The lowest BCUT2D eigenvalue weighted by molar-refractivity contribution is -0.123. The van der Waals surface area contributed by atoms with Crippen molar-refractivity contribution in [3.05, 3.63) is 71.6 Å². The van der Waals surface area contributed by atoms with Gasteiger partial charge in [-0.25, -0.2) is 0 Å². The lowest BCUT2D eigenvalue weighted by Crippen LogP contribution is -2.50. The van der Waals surface area contributed by atoms with Crippen molar-refractivity contribution in [3.8, 4) is 11.4 Å². The van der Waals surface area contributed by atoms with E-state index < -0.39 is 0 Å². The monoisotopic (exact) mass is 394 g/mol. The summed E-state index contributed by atoms with van der Waals surface area (Å²) in [5.74, 6) is 1.67. The molecule has 1 fully saturated rings. The van der Waals surface area contributed by atoms with Crippen LogP contribution in [0.4, 0.5) is 0 Å². The number of thioether (sulfide) groups is 1. The molecule has 1 saturated heterocycles. The highest BCUT2D eigenvalue weighted by atomic mass is 32.2. The Balaban J connectivity index is 1.37. The Kier molecular flexibility index (Phi) is 5.73. The van der Waals surface area contributed by atoms with Crippen molar-refractivity contribution in [1.29, 1.82) is 0 Å². The standard InChI is InChI=1S/C21H22N4O2S/c1-2-14-8-10-16(11-9-14)20-24-19(27-25-20)13-28-21-22-17(12-18(26)23-21)15-6-4-3-5-7-15/h3-11,17,21-22H,2,12-13H2,1H3,(H,23,26). The second-order valence-corrected chi connectivity index (χ2v) is 7.75. The van der Waals surface area contributed by atoms with Gasteiger partial charge in [-0.2, -0.15) is 4.98 Å². The van der Waals surface area contributed by atoms with E-state index in [1.165, 1.54) is 17.3 Å². The molecule has 0 bridgehead atoms. The van der Waals surface area contributed by atoms with Gasteiger partial charge in [0.25, 0.3) is 0 Å². The molecule has 0 saturated carbocycles. The maximum atomic E-state index is 12.1. The molecule has 2 N–H and O–H groups in total. The van der Waals surface area contributed by atoms with E-state index in [2.05, 4.69) is 39.8 Å². The van der Waals surface area contributed by atoms with E-state index in [0.29, 0.717) is 23.9 Å². The topological polar surface area (TPSA) is 80.0 Å². The molecule has 7 heteroatoms. The number of carbonyl (C=O) groups is 1. The molecule has 28 heavy (non-hydrogen) atoms. The number of benzene rings is 2. The summed E-state index contributed by atoms with van der Waals surface area (Å²) >= 11 is 1.53. The van der Waals surface area contributed by atoms with Gasteiger partial charge < -0.3 is 9.84 Å². The molecule has 1 aromatic heterocycles. The van der Waals surface area contributed by atoms with E-state index >= 15 is 0 Å². The van der Waals surface area contributed by atoms with Crippen molar-refractivity contribution in [2.45, 2.75) is 37.1 Å². The molecule has 0 radical (unpaired) electrons. The predicted octanol–water partition coefficient (Wildman–Crippen LogP) is 3.67. The SMILES string of the molecule is CCc1ccc(-c2noc(CSC3NC(=O)CC(c4ccccc4)N3)n2)cc1. The Labute approximate surface area is 168 Å². The summed E-state index contributed by atoms with van der Waals surface area (Å²) in [6.07, 6.45) is 1.43. The minimum absolute atomic E-state index is 0.00257. The molecule has 0 spiro atoms. The van der Waals surface area contributed by atoms with Gasteiger partial charge in [0.15, 0.2) is 0 Å². The number of aromatic nitrogens is 2. The molecule has 144 valence electrons. The van der Waals surface area contributed by atoms with Crippen molar-refractivity contribution >= 4 is 17.7 Å². The quantitative estimate of drug-likeness (QED) is 0.664. The minimum Gasteiger partial charge on any atom is -0.338 e. The summed E-state index contributed by atoms with van der Waals surface area (Å²) < 4.78 is 5.38. The fourth-order valence-electron chi connectivity index (χ4n) is 3.14. The van der Waals surface area contributed by atoms with Gasteiger partial charge >= 0.3 is 0 Å². The Morgan fingerprint density at radius 3 is 2.68 bits per heavy atom. The van der Waals surface area contributed by atoms with Crippen LogP contribution >= 0.6 is 11.8 Å². The van der Waals surface area contributed by atoms with Gasteiger partial charge in [-0.3, -0.25) is 10.1 Å². The Hall–Kier alpha value is -2.64. The summed E-state index contributed by atoms with van der Waals surface area (Å²) in [4.78, 5) is 16.6. The molecule has 2 unspecified atom stereocenters. The fraction of sp³-hybridized carbons (Fsp3) is 0.286. The predicted molar refractivity (Wildman–Crippen MR) is 109 cm³/mol. The second kappa shape index (κ2) is 8.58. The van der Waals surface area contributed by atoms with Gasteiger partial charge in [-0.1, -0.05) is 66.7 Å². The number of amides is 1. The van der Waals surface area contributed by atoms with E-state index in [9.17, 15) is 4.79 Å². The smallest absolute Gasteiger partial charge is 0.237 e. The average molecular weight is 394 g/mol. The van der Waals surface area contributed by atoms with Gasteiger partial charge in [-0.15, -0.1) is 11.8 Å². The molecule has 0 aliphatic carbocycles. The molecule has 4 rings (SSSR count). The van der Waals surface area contributed by atoms with Crippen LogP contribution in [0.1, 0.15) is 36.4 Å². The van der Waals surface area contributed by atoms with Gasteiger partial charge in [0, 0.05) is 18.0 Å². The Bertz CT molecular complexity index is 927. The molecule has 6 nitrogen and oxygen atoms in total. The van der Waals surface area contributed by atoms with Gasteiger partial charge in [0.2, 0.25) is 17.6 Å². The first-order chi connectivity index (χ1) is 13.7. The van der Waals surface area contributed by atoms with Crippen molar-refractivity contribution in [3.63, 3.8) is 0 Å². The van der Waals surface area contributed by atoms with E-state index in [1.54, 1.807) is 0 Å². The van der Waals surface area contributed by atoms with Crippen molar-refractivity contribution in [1.82, 2.24) is 20.8 Å². The van der Waals surface area contributed by atoms with Crippen LogP contribution in [0.3, 0.4) is 0 Å². The largest absolute Gasteiger partial charge is 0.338 e. The van der Waals surface area contributed by atoms with Crippen LogP contribution in [-0.2, 0) is 17.0 Å². The molecule has 2 aromatic carbocycles. The molecule has 1 aliphatic rings. The maximum Gasteiger partial charge on any atom is 0.237 e. The van der Waals surface area contributed by atoms with Crippen molar-refractivity contribution < 1.29 is 9.32 Å². The van der Waals surface area contributed by atoms with Crippen LogP contribution in [-0.4, -0.2) is 21.5 Å². The first-order valence-electron chi connectivity index (χ1n) is 9.35. The van der Waals surface area contributed by atoms with Crippen LogP contribution in [0.5, 0.6) is 0 Å². The Morgan fingerprint density at radius 1 is 1.14 bits per heavy atom.